The van der Waals surface area contributed by atoms with Crippen LogP contribution >= 0.6 is 24.0 Å². The minimum Gasteiger partial charge on any atom is -0.434 e. The lowest BCUT2D eigenvalue weighted by molar-refractivity contribution is -0.0504. The molecule has 1 aromatic rings. The molecule has 1 aromatic carbocycles. The molecule has 0 unspecified atom stereocenters. The average molecular weight is 499 g/mol. The Hall–Kier alpha value is -1.20. The number of halogens is 3. The van der Waals surface area contributed by atoms with E-state index in [4.69, 9.17) is 9.47 Å². The first-order valence-corrected chi connectivity index (χ1v) is 8.85. The van der Waals surface area contributed by atoms with Crippen molar-refractivity contribution in [3.8, 4) is 5.75 Å². The van der Waals surface area contributed by atoms with Crippen LogP contribution in [0.4, 0.5) is 8.78 Å². The molecule has 0 atom stereocenters. The Morgan fingerprint density at radius 1 is 1.26 bits per heavy atom. The molecular weight excluding hydrogens is 471 g/mol. The molecule has 2 rings (SSSR count). The van der Waals surface area contributed by atoms with E-state index in [0.29, 0.717) is 37.3 Å². The molecule has 0 radical (unpaired) electrons. The third kappa shape index (κ3) is 9.52. The van der Waals surface area contributed by atoms with E-state index in [9.17, 15) is 8.78 Å². The second kappa shape index (κ2) is 13.9. The number of benzene rings is 1. The third-order valence-corrected chi connectivity index (χ3v) is 3.99. The lowest BCUT2D eigenvalue weighted by Gasteiger charge is -2.22. The van der Waals surface area contributed by atoms with Crippen LogP contribution in [0.1, 0.15) is 24.8 Å². The number of guanidine groups is 1. The number of aliphatic imine (C=N–C) groups is 1. The van der Waals surface area contributed by atoms with Crippen LogP contribution in [0.3, 0.4) is 0 Å². The monoisotopic (exact) mass is 499 g/mol. The van der Waals surface area contributed by atoms with Crippen LogP contribution in [0.2, 0.25) is 0 Å². The van der Waals surface area contributed by atoms with Crippen molar-refractivity contribution in [3.63, 3.8) is 0 Å². The Morgan fingerprint density at radius 2 is 2.00 bits per heavy atom. The van der Waals surface area contributed by atoms with E-state index < -0.39 is 6.61 Å². The van der Waals surface area contributed by atoms with Crippen molar-refractivity contribution in [2.45, 2.75) is 38.5 Å². The molecule has 154 valence electrons. The second-order valence-corrected chi connectivity index (χ2v) is 5.87. The number of rotatable bonds is 9. The largest absolute Gasteiger partial charge is 0.434 e. The van der Waals surface area contributed by atoms with E-state index in [0.717, 1.165) is 32.5 Å². The van der Waals surface area contributed by atoms with Crippen LogP contribution in [0.15, 0.2) is 29.3 Å². The Labute approximate surface area is 176 Å². The summed E-state index contributed by atoms with van der Waals surface area (Å²) in [4.78, 5) is 4.13. The summed E-state index contributed by atoms with van der Waals surface area (Å²) in [5.74, 6) is 0.762. The summed E-state index contributed by atoms with van der Waals surface area (Å²) in [5, 5.41) is 6.28. The van der Waals surface area contributed by atoms with Gasteiger partial charge in [-0.3, -0.25) is 4.99 Å². The highest BCUT2D eigenvalue weighted by Gasteiger charge is 2.13. The number of ether oxygens (including phenoxy) is 3. The first kappa shape index (κ1) is 23.8. The zero-order chi connectivity index (χ0) is 18.6. The van der Waals surface area contributed by atoms with Gasteiger partial charge < -0.3 is 24.8 Å². The van der Waals surface area contributed by atoms with E-state index >= 15 is 0 Å². The number of para-hydroxylation sites is 1. The van der Waals surface area contributed by atoms with Crippen molar-refractivity contribution in [2.75, 3.05) is 33.4 Å². The van der Waals surface area contributed by atoms with E-state index in [1.807, 2.05) is 0 Å². The normalized spacial score (nSPS) is 15.3. The highest BCUT2D eigenvalue weighted by molar-refractivity contribution is 14.0. The fraction of sp³-hybridized carbons (Fsp3) is 0.611. The smallest absolute Gasteiger partial charge is 0.387 e. The Bertz CT molecular complexity index is 558. The SMILES string of the molecule is CN=C(NCCCOC1CCOCC1)NCc1ccccc1OC(F)F.I. The first-order chi connectivity index (χ1) is 12.7. The molecule has 1 aliphatic rings. The van der Waals surface area contributed by atoms with Gasteiger partial charge in [0, 0.05) is 45.5 Å². The number of nitrogens with zero attached hydrogens (tertiary/aromatic N) is 1. The summed E-state index contributed by atoms with van der Waals surface area (Å²) in [5.41, 5.74) is 0.638. The third-order valence-electron chi connectivity index (χ3n) is 3.99. The molecule has 0 bridgehead atoms. The summed E-state index contributed by atoms with van der Waals surface area (Å²) in [6, 6.07) is 6.69. The lowest BCUT2D eigenvalue weighted by atomic mass is 10.1. The molecule has 0 saturated carbocycles. The van der Waals surface area contributed by atoms with Crippen LogP contribution in [0.5, 0.6) is 5.75 Å². The van der Waals surface area contributed by atoms with E-state index in [-0.39, 0.29) is 29.7 Å². The van der Waals surface area contributed by atoms with Crippen molar-refractivity contribution in [2.24, 2.45) is 4.99 Å². The van der Waals surface area contributed by atoms with Gasteiger partial charge in [0.15, 0.2) is 5.96 Å². The molecular formula is C18H28F2IN3O3. The highest BCUT2D eigenvalue weighted by atomic mass is 127. The summed E-state index contributed by atoms with van der Waals surface area (Å²) in [6.07, 6.45) is 3.06. The molecule has 27 heavy (non-hydrogen) atoms. The summed E-state index contributed by atoms with van der Waals surface area (Å²) >= 11 is 0. The molecule has 0 aliphatic carbocycles. The van der Waals surface area contributed by atoms with E-state index in [1.165, 1.54) is 6.07 Å². The topological polar surface area (TPSA) is 64.1 Å². The highest BCUT2D eigenvalue weighted by Crippen LogP contribution is 2.19. The van der Waals surface area contributed by atoms with Gasteiger partial charge in [-0.2, -0.15) is 8.78 Å². The molecule has 1 saturated heterocycles. The molecule has 1 fully saturated rings. The number of hydrogen-bond donors (Lipinski definition) is 2. The maximum absolute atomic E-state index is 12.4. The fourth-order valence-corrected chi connectivity index (χ4v) is 2.63. The number of alkyl halides is 2. The maximum Gasteiger partial charge on any atom is 0.387 e. The quantitative estimate of drug-likeness (QED) is 0.237. The molecule has 1 heterocycles. The minimum atomic E-state index is -2.84. The summed E-state index contributed by atoms with van der Waals surface area (Å²) < 4.78 is 40.5. The van der Waals surface area contributed by atoms with Gasteiger partial charge in [0.2, 0.25) is 0 Å². The van der Waals surface area contributed by atoms with Crippen LogP contribution in [-0.2, 0) is 16.0 Å². The molecule has 0 aromatic heterocycles. The molecule has 6 nitrogen and oxygen atoms in total. The van der Waals surface area contributed by atoms with Gasteiger partial charge in [-0.25, -0.2) is 0 Å². The summed E-state index contributed by atoms with van der Waals surface area (Å²) in [6.45, 7) is 0.426. The number of hydrogen-bond acceptors (Lipinski definition) is 4. The average Bonchev–Trinajstić information content (AvgIpc) is 2.65. The second-order valence-electron chi connectivity index (χ2n) is 5.87. The minimum absolute atomic E-state index is 0. The predicted molar refractivity (Wildman–Crippen MR) is 111 cm³/mol. The van der Waals surface area contributed by atoms with Crippen molar-refractivity contribution >= 4 is 29.9 Å². The Kier molecular flexibility index (Phi) is 12.3. The predicted octanol–water partition coefficient (Wildman–Crippen LogP) is 3.16. The van der Waals surface area contributed by atoms with Gasteiger partial charge in [0.05, 0.1) is 6.10 Å². The maximum atomic E-state index is 12.4. The van der Waals surface area contributed by atoms with Crippen LogP contribution in [-0.4, -0.2) is 52.1 Å². The molecule has 9 heteroatoms. The molecule has 1 aliphatic heterocycles. The van der Waals surface area contributed by atoms with Gasteiger partial charge in [-0.05, 0) is 25.3 Å². The van der Waals surface area contributed by atoms with Gasteiger partial charge in [-0.15, -0.1) is 24.0 Å². The molecule has 2 N–H and O–H groups in total. The van der Waals surface area contributed by atoms with E-state index in [1.54, 1.807) is 25.2 Å². The van der Waals surface area contributed by atoms with Gasteiger partial charge in [0.25, 0.3) is 0 Å². The van der Waals surface area contributed by atoms with Gasteiger partial charge in [0.1, 0.15) is 5.75 Å². The van der Waals surface area contributed by atoms with Crippen LogP contribution < -0.4 is 15.4 Å². The van der Waals surface area contributed by atoms with Crippen molar-refractivity contribution < 1.29 is 23.0 Å². The van der Waals surface area contributed by atoms with Crippen molar-refractivity contribution in [1.82, 2.24) is 10.6 Å². The van der Waals surface area contributed by atoms with Crippen molar-refractivity contribution in [3.05, 3.63) is 29.8 Å². The summed E-state index contributed by atoms with van der Waals surface area (Å²) in [7, 11) is 1.66. The fourth-order valence-electron chi connectivity index (χ4n) is 2.63. The van der Waals surface area contributed by atoms with Crippen LogP contribution in [0.25, 0.3) is 0 Å². The van der Waals surface area contributed by atoms with Crippen LogP contribution in [0, 0.1) is 0 Å². The van der Waals surface area contributed by atoms with Gasteiger partial charge >= 0.3 is 6.61 Å². The number of nitrogens with one attached hydrogen (secondary N) is 2. The molecule has 0 spiro atoms. The Morgan fingerprint density at radius 3 is 2.70 bits per heavy atom. The first-order valence-electron chi connectivity index (χ1n) is 8.85. The zero-order valence-corrected chi connectivity index (χ0v) is 17.8. The van der Waals surface area contributed by atoms with Gasteiger partial charge in [-0.1, -0.05) is 18.2 Å². The van der Waals surface area contributed by atoms with Crippen molar-refractivity contribution in [1.29, 1.82) is 0 Å². The van der Waals surface area contributed by atoms with E-state index in [2.05, 4.69) is 20.4 Å². The zero-order valence-electron chi connectivity index (χ0n) is 15.5. The Balaban J connectivity index is 0.00000364. The lowest BCUT2D eigenvalue weighted by Crippen LogP contribution is -2.37. The standard InChI is InChI=1S/C18H27F2N3O3.HI/c1-21-18(22-9-4-10-25-15-7-11-24-12-8-15)23-13-14-5-2-3-6-16(14)26-17(19)20;/h2-3,5-6,15,17H,4,7-13H2,1H3,(H2,21,22,23);1H. The molecule has 0 amide bonds.